The molecule has 0 aliphatic carbocycles. The zero-order valence-electron chi connectivity index (χ0n) is 25.6. The molecule has 244 valence electrons. The maximum atomic E-state index is 12.1. The Morgan fingerprint density at radius 1 is 0.480 bits per heavy atom. The summed E-state index contributed by atoms with van der Waals surface area (Å²) < 4.78 is 143. The molecule has 0 aromatic heterocycles. The van der Waals surface area contributed by atoms with Crippen LogP contribution in [0.3, 0.4) is 0 Å². The van der Waals surface area contributed by atoms with Gasteiger partial charge in [0.2, 0.25) is 0 Å². The van der Waals surface area contributed by atoms with Gasteiger partial charge in [0.1, 0.15) is 63.2 Å². The molecule has 0 radical (unpaired) electrons. The zero-order valence-corrected chi connectivity index (χ0v) is 40.0. The van der Waals surface area contributed by atoms with Crippen LogP contribution in [0.25, 0.3) is 10.8 Å². The third-order valence-corrected chi connectivity index (χ3v) is 10.1. The number of halogens is 2. The van der Waals surface area contributed by atoms with Gasteiger partial charge in [0.05, 0.1) is 25.0 Å². The molecule has 0 saturated heterocycles. The van der Waals surface area contributed by atoms with Crippen LogP contribution in [-0.2, 0) is 40.5 Å². The number of nitrogens with zero attached hydrogens (tertiary/aromatic N) is 4. The van der Waals surface area contributed by atoms with E-state index in [9.17, 15) is 62.1 Å². The van der Waals surface area contributed by atoms with Crippen LogP contribution < -0.4 is 118 Å². The van der Waals surface area contributed by atoms with Crippen molar-refractivity contribution in [3.63, 3.8) is 0 Å². The maximum Gasteiger partial charge on any atom is 1.00 e. The number of azo groups is 2. The molecular formula is C22H10Br2N4Na4O14S4. The van der Waals surface area contributed by atoms with E-state index in [-0.39, 0.29) is 127 Å². The maximum absolute atomic E-state index is 12.1. The molecule has 0 aliphatic heterocycles. The smallest absolute Gasteiger partial charge is 0.744 e. The predicted molar refractivity (Wildman–Crippen MR) is 156 cm³/mol. The summed E-state index contributed by atoms with van der Waals surface area (Å²) in [5.41, 5.74) is -3.83. The van der Waals surface area contributed by atoms with Crippen molar-refractivity contribution in [3.8, 4) is 11.5 Å². The van der Waals surface area contributed by atoms with E-state index >= 15 is 0 Å². The van der Waals surface area contributed by atoms with E-state index < -0.39 is 105 Å². The first kappa shape index (κ1) is 50.5. The fraction of sp³-hybridized carbons (Fsp3) is 0. The minimum Gasteiger partial charge on any atom is -0.744 e. The second-order valence-corrected chi connectivity index (χ2v) is 15.9. The Balaban J connectivity index is 0.00000600. The standard InChI is InChI=1S/C22H14Br2N4O14S4.4Na/c23-10-1-3-12(14(7-10)43(31,32)33)25-27-19-16(45(37,38)39)5-9-6-17(46(40,41)42)20(22(30)18(9)21(19)29)28-26-13-4-2-11(24)8-15(13)44(34,35)36;;;;/h1-8,29-30H,(H,31,32,33)(H,34,35,36)(H,37,38,39)(H,40,41,42);;;;/q;4*+1/p-4. The number of hydrogen-bond acceptors (Lipinski definition) is 18. The van der Waals surface area contributed by atoms with Crippen molar-refractivity contribution in [2.45, 2.75) is 19.6 Å². The third-order valence-electron chi connectivity index (χ3n) is 5.69. The summed E-state index contributed by atoms with van der Waals surface area (Å²) in [5, 5.41) is 34.0. The summed E-state index contributed by atoms with van der Waals surface area (Å²) in [4.78, 5) is -4.71. The van der Waals surface area contributed by atoms with Crippen LogP contribution in [0.1, 0.15) is 0 Å². The summed E-state index contributed by atoms with van der Waals surface area (Å²) in [6.07, 6.45) is 0. The van der Waals surface area contributed by atoms with Gasteiger partial charge in [0.15, 0.2) is 11.5 Å². The van der Waals surface area contributed by atoms with E-state index in [1.54, 1.807) is 0 Å². The zero-order chi connectivity index (χ0) is 34.6. The Labute approximate surface area is 389 Å². The van der Waals surface area contributed by atoms with Crippen LogP contribution in [0.2, 0.25) is 0 Å². The van der Waals surface area contributed by atoms with Crippen LogP contribution in [-0.4, -0.2) is 62.1 Å². The van der Waals surface area contributed by atoms with Gasteiger partial charge < -0.3 is 28.4 Å². The summed E-state index contributed by atoms with van der Waals surface area (Å²) in [5.74, 6) is -2.79. The molecule has 0 spiro atoms. The average molecular weight is 934 g/mol. The van der Waals surface area contributed by atoms with E-state index in [1.807, 2.05) is 0 Å². The molecule has 50 heavy (non-hydrogen) atoms. The number of phenolic OH excluding ortho intramolecular Hbond substituents is 2. The van der Waals surface area contributed by atoms with Crippen LogP contribution in [0.5, 0.6) is 11.5 Å². The molecule has 28 heteroatoms. The largest absolute Gasteiger partial charge is 1.00 e. The number of benzene rings is 4. The fourth-order valence-electron chi connectivity index (χ4n) is 3.78. The van der Waals surface area contributed by atoms with Gasteiger partial charge in [-0.25, -0.2) is 33.7 Å². The predicted octanol–water partition coefficient (Wildman–Crippen LogP) is -7.76. The van der Waals surface area contributed by atoms with Gasteiger partial charge in [-0.15, -0.1) is 20.5 Å². The Kier molecular flexibility index (Phi) is 19.1. The molecule has 4 rings (SSSR count). The van der Waals surface area contributed by atoms with E-state index in [1.165, 1.54) is 12.1 Å². The van der Waals surface area contributed by atoms with E-state index in [0.29, 0.717) is 12.1 Å². The summed E-state index contributed by atoms with van der Waals surface area (Å²) in [7, 11) is -21.7. The van der Waals surface area contributed by atoms with Crippen molar-refractivity contribution >= 4 is 106 Å². The van der Waals surface area contributed by atoms with Crippen LogP contribution >= 0.6 is 31.9 Å². The molecule has 2 N–H and O–H groups in total. The molecule has 4 aromatic rings. The first-order chi connectivity index (χ1) is 21.0. The first-order valence-electron chi connectivity index (χ1n) is 11.3. The molecule has 0 unspecified atom stereocenters. The molecule has 0 heterocycles. The number of aromatic hydroxyl groups is 2. The van der Waals surface area contributed by atoms with Crippen molar-refractivity contribution in [1.29, 1.82) is 0 Å². The average Bonchev–Trinajstić information content (AvgIpc) is 2.90. The second kappa shape index (κ2) is 18.9. The molecule has 0 saturated carbocycles. The topological polar surface area (TPSA) is 319 Å². The number of rotatable bonds is 8. The van der Waals surface area contributed by atoms with Crippen molar-refractivity contribution in [2.75, 3.05) is 0 Å². The molecule has 0 bridgehead atoms. The molecule has 0 fully saturated rings. The second-order valence-electron chi connectivity index (χ2n) is 8.68. The van der Waals surface area contributed by atoms with Crippen molar-refractivity contribution in [3.05, 3.63) is 57.5 Å². The summed E-state index contributed by atoms with van der Waals surface area (Å²) >= 11 is 5.89. The quantitative estimate of drug-likeness (QED) is 0.0943. The number of fused-ring (bicyclic) bond motifs is 1. The Morgan fingerprint density at radius 2 is 0.780 bits per heavy atom. The Hall–Kier alpha value is 0.540. The SMILES string of the molecule is O=S(=O)([O-])c1cc(Br)ccc1N=Nc1c(S(=O)(=O)[O-])cc2cc(S(=O)(=O)[O-])c(N=Nc3ccc(Br)cc3S(=O)(=O)[O-])c(O)c2c1O.[Na+].[Na+].[Na+].[Na+]. The number of hydrogen-bond donors (Lipinski definition) is 2. The molecule has 18 nitrogen and oxygen atoms in total. The molecule has 0 amide bonds. The van der Waals surface area contributed by atoms with Gasteiger partial charge >= 0.3 is 118 Å². The summed E-state index contributed by atoms with van der Waals surface area (Å²) in [6, 6.07) is 6.74. The van der Waals surface area contributed by atoms with Crippen LogP contribution in [0.15, 0.2) is 97.5 Å². The van der Waals surface area contributed by atoms with E-state index in [2.05, 4.69) is 52.3 Å². The summed E-state index contributed by atoms with van der Waals surface area (Å²) in [6.45, 7) is 0. The van der Waals surface area contributed by atoms with E-state index in [4.69, 9.17) is 0 Å². The molecular weight excluding hydrogens is 924 g/mol. The Morgan fingerprint density at radius 3 is 1.06 bits per heavy atom. The minimum absolute atomic E-state index is 0. The normalized spacial score (nSPS) is 12.2. The van der Waals surface area contributed by atoms with Gasteiger partial charge in [-0.2, -0.15) is 0 Å². The third kappa shape index (κ3) is 11.8. The first-order valence-corrected chi connectivity index (χ1v) is 18.5. The van der Waals surface area contributed by atoms with Crippen molar-refractivity contribution < 1.29 is 180 Å². The molecule has 0 atom stereocenters. The monoisotopic (exact) mass is 932 g/mol. The van der Waals surface area contributed by atoms with Crippen molar-refractivity contribution in [1.82, 2.24) is 0 Å². The molecule has 4 aromatic carbocycles. The van der Waals surface area contributed by atoms with Crippen molar-refractivity contribution in [2.24, 2.45) is 20.5 Å². The fourth-order valence-corrected chi connectivity index (χ4v) is 7.37. The van der Waals surface area contributed by atoms with Crippen LogP contribution in [0, 0.1) is 0 Å². The van der Waals surface area contributed by atoms with Gasteiger partial charge in [-0.1, -0.05) is 31.9 Å². The molecule has 0 aliphatic rings. The van der Waals surface area contributed by atoms with Gasteiger partial charge in [0.25, 0.3) is 0 Å². The number of phenols is 2. The van der Waals surface area contributed by atoms with E-state index in [0.717, 1.165) is 24.3 Å². The Bertz CT molecular complexity index is 2320. The van der Waals surface area contributed by atoms with Gasteiger partial charge in [-0.05, 0) is 53.9 Å². The minimum atomic E-state index is -5.63. The van der Waals surface area contributed by atoms with Gasteiger partial charge in [0, 0.05) is 8.95 Å². The van der Waals surface area contributed by atoms with Crippen LogP contribution in [0.4, 0.5) is 22.7 Å². The van der Waals surface area contributed by atoms with Gasteiger partial charge in [-0.3, -0.25) is 0 Å².